The molecule has 0 aromatic heterocycles. The topological polar surface area (TPSA) is 73.6 Å². The Morgan fingerprint density at radius 3 is 2.58 bits per heavy atom. The minimum Gasteiger partial charge on any atom is -0.493 e. The van der Waals surface area contributed by atoms with Gasteiger partial charge in [0.1, 0.15) is 0 Å². The van der Waals surface area contributed by atoms with Crippen molar-refractivity contribution in [2.45, 2.75) is 24.8 Å². The van der Waals surface area contributed by atoms with Crippen molar-refractivity contribution in [1.29, 1.82) is 0 Å². The van der Waals surface area contributed by atoms with Gasteiger partial charge in [0.15, 0.2) is 11.5 Å². The van der Waals surface area contributed by atoms with Crippen molar-refractivity contribution in [1.82, 2.24) is 5.32 Å². The van der Waals surface area contributed by atoms with Gasteiger partial charge in [-0.15, -0.1) is 0 Å². The second kappa shape index (κ2) is 5.48. The van der Waals surface area contributed by atoms with Gasteiger partial charge in [0.2, 0.25) is 0 Å². The van der Waals surface area contributed by atoms with Crippen LogP contribution in [0.25, 0.3) is 0 Å². The second-order valence-corrected chi connectivity index (χ2v) is 4.83. The molecule has 2 rings (SSSR count). The van der Waals surface area contributed by atoms with Crippen LogP contribution in [0.15, 0.2) is 18.2 Å². The number of hydrogen-bond donors (Lipinski definition) is 2. The fourth-order valence-electron chi connectivity index (χ4n) is 2.36. The lowest BCUT2D eigenvalue weighted by Gasteiger charge is -2.41. The molecule has 0 saturated heterocycles. The average Bonchev–Trinajstić information content (AvgIpc) is 2.41. The zero-order valence-corrected chi connectivity index (χ0v) is 11.4. The number of ether oxygens (including phenoxy) is 2. The third-order valence-electron chi connectivity index (χ3n) is 3.73. The average molecular weight is 264 g/mol. The Hall–Kier alpha value is -1.75. The van der Waals surface area contributed by atoms with E-state index in [-0.39, 0.29) is 11.4 Å². The summed E-state index contributed by atoms with van der Waals surface area (Å²) >= 11 is 0. The summed E-state index contributed by atoms with van der Waals surface area (Å²) in [4.78, 5) is 12.4. The highest BCUT2D eigenvalue weighted by Crippen LogP contribution is 2.34. The van der Waals surface area contributed by atoms with E-state index in [1.165, 1.54) is 7.11 Å². The molecule has 1 saturated carbocycles. The van der Waals surface area contributed by atoms with E-state index in [0.717, 1.165) is 19.3 Å². The van der Waals surface area contributed by atoms with Crippen LogP contribution in [0.1, 0.15) is 29.6 Å². The molecule has 3 N–H and O–H groups in total. The number of methoxy groups -OCH3 is 2. The van der Waals surface area contributed by atoms with E-state index in [2.05, 4.69) is 5.32 Å². The highest BCUT2D eigenvalue weighted by Gasteiger charge is 2.37. The highest BCUT2D eigenvalue weighted by molar-refractivity contribution is 5.98. The van der Waals surface area contributed by atoms with E-state index in [4.69, 9.17) is 15.2 Å². The Bertz CT molecular complexity index is 464. The molecule has 5 heteroatoms. The molecule has 1 aromatic carbocycles. The Balaban J connectivity index is 2.23. The van der Waals surface area contributed by atoms with Crippen molar-refractivity contribution in [3.8, 4) is 11.5 Å². The van der Waals surface area contributed by atoms with Gasteiger partial charge in [0, 0.05) is 6.54 Å². The van der Waals surface area contributed by atoms with Gasteiger partial charge in [-0.2, -0.15) is 0 Å². The maximum atomic E-state index is 12.4. The van der Waals surface area contributed by atoms with Crippen LogP contribution >= 0.6 is 0 Å². The van der Waals surface area contributed by atoms with Crippen LogP contribution in [0, 0.1) is 0 Å². The van der Waals surface area contributed by atoms with Crippen molar-refractivity contribution >= 4 is 5.91 Å². The van der Waals surface area contributed by atoms with Crippen LogP contribution in [0.2, 0.25) is 0 Å². The first-order chi connectivity index (χ1) is 9.15. The summed E-state index contributed by atoms with van der Waals surface area (Å²) in [6.07, 6.45) is 2.97. The molecule has 1 aliphatic carbocycles. The van der Waals surface area contributed by atoms with Crippen molar-refractivity contribution in [2.75, 3.05) is 20.8 Å². The molecule has 0 radical (unpaired) electrons. The third kappa shape index (κ3) is 2.51. The predicted molar refractivity (Wildman–Crippen MR) is 72.6 cm³/mol. The summed E-state index contributed by atoms with van der Waals surface area (Å²) in [5.74, 6) is 0.834. The lowest BCUT2D eigenvalue weighted by Crippen LogP contribution is -2.58. The van der Waals surface area contributed by atoms with Gasteiger partial charge in [-0.3, -0.25) is 4.79 Å². The number of nitrogens with two attached hydrogens (primary N) is 1. The van der Waals surface area contributed by atoms with Gasteiger partial charge in [0.05, 0.1) is 25.3 Å². The Morgan fingerprint density at radius 2 is 2.11 bits per heavy atom. The largest absolute Gasteiger partial charge is 0.493 e. The number of hydrogen-bond acceptors (Lipinski definition) is 4. The molecule has 0 unspecified atom stereocenters. The summed E-state index contributed by atoms with van der Waals surface area (Å²) in [5, 5.41) is 3.02. The van der Waals surface area contributed by atoms with Gasteiger partial charge in [-0.1, -0.05) is 6.07 Å². The van der Waals surface area contributed by atoms with Crippen LogP contribution in [-0.4, -0.2) is 32.2 Å². The van der Waals surface area contributed by atoms with Crippen molar-refractivity contribution < 1.29 is 14.3 Å². The monoisotopic (exact) mass is 264 g/mol. The normalized spacial score (nSPS) is 16.4. The van der Waals surface area contributed by atoms with Crippen LogP contribution in [0.5, 0.6) is 11.5 Å². The minimum absolute atomic E-state index is 0.166. The highest BCUT2D eigenvalue weighted by atomic mass is 16.5. The Kier molecular flexibility index (Phi) is 3.95. The fourth-order valence-corrected chi connectivity index (χ4v) is 2.36. The second-order valence-electron chi connectivity index (χ2n) is 4.83. The van der Waals surface area contributed by atoms with Crippen molar-refractivity contribution in [2.24, 2.45) is 5.73 Å². The molecule has 0 aliphatic heterocycles. The number of carbonyl (C=O) groups is 1. The van der Waals surface area contributed by atoms with Crippen LogP contribution in [-0.2, 0) is 0 Å². The SMILES string of the molecule is COc1cccc(C(=O)NC2(CN)CCC2)c1OC. The van der Waals surface area contributed by atoms with Crippen molar-refractivity contribution in [3.63, 3.8) is 0 Å². The molecule has 5 nitrogen and oxygen atoms in total. The number of benzene rings is 1. The molecule has 1 aromatic rings. The van der Waals surface area contributed by atoms with E-state index in [9.17, 15) is 4.79 Å². The maximum Gasteiger partial charge on any atom is 0.255 e. The molecule has 19 heavy (non-hydrogen) atoms. The molecule has 104 valence electrons. The molecule has 0 heterocycles. The van der Waals surface area contributed by atoms with Gasteiger partial charge in [-0.05, 0) is 31.4 Å². The molecule has 1 aliphatic rings. The quantitative estimate of drug-likeness (QED) is 0.841. The summed E-state index contributed by atoms with van der Waals surface area (Å²) in [6.45, 7) is 0.463. The van der Waals surface area contributed by atoms with Gasteiger partial charge in [-0.25, -0.2) is 0 Å². The van der Waals surface area contributed by atoms with Gasteiger partial charge < -0.3 is 20.5 Å². The number of para-hydroxylation sites is 1. The van der Waals surface area contributed by atoms with Crippen LogP contribution < -0.4 is 20.5 Å². The number of nitrogens with one attached hydrogen (secondary N) is 1. The van der Waals surface area contributed by atoms with E-state index in [1.807, 2.05) is 0 Å². The summed E-state index contributed by atoms with van der Waals surface area (Å²) < 4.78 is 10.5. The van der Waals surface area contributed by atoms with Crippen LogP contribution in [0.3, 0.4) is 0 Å². The minimum atomic E-state index is -0.245. The fraction of sp³-hybridized carbons (Fsp3) is 0.500. The third-order valence-corrected chi connectivity index (χ3v) is 3.73. The number of amides is 1. The molecule has 0 bridgehead atoms. The Labute approximate surface area is 113 Å². The maximum absolute atomic E-state index is 12.4. The standard InChI is InChI=1S/C14H20N2O3/c1-18-11-6-3-5-10(12(11)19-2)13(17)16-14(9-15)7-4-8-14/h3,5-6H,4,7-9,15H2,1-2H3,(H,16,17). The molecule has 1 amide bonds. The Morgan fingerprint density at radius 1 is 1.37 bits per heavy atom. The summed E-state index contributed by atoms with van der Waals surface area (Å²) in [6, 6.07) is 5.25. The zero-order chi connectivity index (χ0) is 13.9. The predicted octanol–water partition coefficient (Wildman–Crippen LogP) is 1.31. The van der Waals surface area contributed by atoms with Crippen LogP contribution in [0.4, 0.5) is 0 Å². The molecular formula is C14H20N2O3. The first-order valence-corrected chi connectivity index (χ1v) is 6.39. The van der Waals surface area contributed by atoms with Gasteiger partial charge >= 0.3 is 0 Å². The summed E-state index contributed by atoms with van der Waals surface area (Å²) in [5.41, 5.74) is 5.98. The first kappa shape index (κ1) is 13.7. The smallest absolute Gasteiger partial charge is 0.255 e. The van der Waals surface area contributed by atoms with Gasteiger partial charge in [0.25, 0.3) is 5.91 Å². The molecule has 0 spiro atoms. The van der Waals surface area contributed by atoms with E-state index in [0.29, 0.717) is 23.6 Å². The first-order valence-electron chi connectivity index (χ1n) is 6.39. The van der Waals surface area contributed by atoms with E-state index < -0.39 is 0 Å². The number of carbonyl (C=O) groups excluding carboxylic acids is 1. The van der Waals surface area contributed by atoms with E-state index >= 15 is 0 Å². The van der Waals surface area contributed by atoms with Crippen molar-refractivity contribution in [3.05, 3.63) is 23.8 Å². The zero-order valence-electron chi connectivity index (χ0n) is 11.4. The number of rotatable bonds is 5. The lowest BCUT2D eigenvalue weighted by molar-refractivity contribution is 0.0834. The molecule has 0 atom stereocenters. The lowest BCUT2D eigenvalue weighted by atomic mass is 9.76. The summed E-state index contributed by atoms with van der Waals surface area (Å²) in [7, 11) is 3.07. The van der Waals surface area contributed by atoms with E-state index in [1.54, 1.807) is 25.3 Å². The molecular weight excluding hydrogens is 244 g/mol. The molecule has 1 fully saturated rings.